The molecule has 0 unspecified atom stereocenters. The fourth-order valence-corrected chi connectivity index (χ4v) is 2.18. The summed E-state index contributed by atoms with van der Waals surface area (Å²) in [7, 11) is 0. The standard InChI is InChI=1S/C11H10N4O2S/c12-8-2-1-3-14-10(8)18-5-9-7(11(16)17)4-13-6-15-9/h1-4,6H,5,12H2,(H,16,17). The third kappa shape index (κ3) is 2.75. The molecule has 7 heteroatoms. The van der Waals surface area contributed by atoms with Gasteiger partial charge in [-0.15, -0.1) is 0 Å². The number of thioether (sulfide) groups is 1. The maximum Gasteiger partial charge on any atom is 0.339 e. The molecule has 0 aromatic carbocycles. The van der Waals surface area contributed by atoms with Crippen LogP contribution in [0.5, 0.6) is 0 Å². The molecule has 0 atom stereocenters. The number of rotatable bonds is 4. The average molecular weight is 262 g/mol. The summed E-state index contributed by atoms with van der Waals surface area (Å²) >= 11 is 1.34. The van der Waals surface area contributed by atoms with E-state index in [1.807, 2.05) is 0 Å². The lowest BCUT2D eigenvalue weighted by Crippen LogP contribution is -2.04. The number of carbonyl (C=O) groups is 1. The van der Waals surface area contributed by atoms with Crippen LogP contribution in [-0.4, -0.2) is 26.0 Å². The molecule has 0 aliphatic carbocycles. The number of nitrogens with zero attached hydrogens (tertiary/aromatic N) is 3. The summed E-state index contributed by atoms with van der Waals surface area (Å²) in [6.45, 7) is 0. The van der Waals surface area contributed by atoms with E-state index in [1.54, 1.807) is 18.3 Å². The second-order valence-electron chi connectivity index (χ2n) is 3.37. The Morgan fingerprint density at radius 2 is 2.28 bits per heavy atom. The number of pyridine rings is 1. The van der Waals surface area contributed by atoms with Crippen molar-refractivity contribution in [1.29, 1.82) is 0 Å². The Bertz CT molecular complexity index is 576. The van der Waals surface area contributed by atoms with Crippen molar-refractivity contribution in [1.82, 2.24) is 15.0 Å². The van der Waals surface area contributed by atoms with Gasteiger partial charge in [0.25, 0.3) is 0 Å². The molecule has 0 amide bonds. The zero-order chi connectivity index (χ0) is 13.0. The summed E-state index contributed by atoms with van der Waals surface area (Å²) in [5.41, 5.74) is 6.86. The summed E-state index contributed by atoms with van der Waals surface area (Å²) in [5, 5.41) is 9.65. The first-order valence-corrected chi connectivity index (χ1v) is 6.02. The van der Waals surface area contributed by atoms with Gasteiger partial charge in [-0.05, 0) is 12.1 Å². The summed E-state index contributed by atoms with van der Waals surface area (Å²) in [6, 6.07) is 3.49. The number of nitrogens with two attached hydrogens (primary N) is 1. The van der Waals surface area contributed by atoms with Gasteiger partial charge in [-0.25, -0.2) is 19.7 Å². The van der Waals surface area contributed by atoms with E-state index < -0.39 is 5.97 Å². The van der Waals surface area contributed by atoms with Crippen molar-refractivity contribution in [3.8, 4) is 0 Å². The maximum absolute atomic E-state index is 11.0. The first-order valence-electron chi connectivity index (χ1n) is 5.04. The van der Waals surface area contributed by atoms with E-state index in [-0.39, 0.29) is 5.56 Å². The Morgan fingerprint density at radius 1 is 1.44 bits per heavy atom. The monoisotopic (exact) mass is 262 g/mol. The number of carboxylic acid groups (broad SMARTS) is 1. The predicted molar refractivity (Wildman–Crippen MR) is 67.2 cm³/mol. The molecule has 3 N–H and O–H groups in total. The van der Waals surface area contributed by atoms with Crippen LogP contribution in [0.2, 0.25) is 0 Å². The van der Waals surface area contributed by atoms with Gasteiger partial charge in [0, 0.05) is 18.1 Å². The number of hydrogen-bond donors (Lipinski definition) is 2. The van der Waals surface area contributed by atoms with Gasteiger partial charge in [0.05, 0.1) is 11.4 Å². The van der Waals surface area contributed by atoms with Gasteiger partial charge >= 0.3 is 5.97 Å². The summed E-state index contributed by atoms with van der Waals surface area (Å²) in [6.07, 6.45) is 4.24. The lowest BCUT2D eigenvalue weighted by atomic mass is 10.2. The van der Waals surface area contributed by atoms with Crippen molar-refractivity contribution < 1.29 is 9.90 Å². The number of nitrogen functional groups attached to an aromatic ring is 1. The first kappa shape index (κ1) is 12.3. The van der Waals surface area contributed by atoms with Crippen LogP contribution in [0, 0.1) is 0 Å². The molecular weight excluding hydrogens is 252 g/mol. The lowest BCUT2D eigenvalue weighted by molar-refractivity contribution is 0.0695. The van der Waals surface area contributed by atoms with E-state index in [9.17, 15) is 4.79 Å². The van der Waals surface area contributed by atoms with Crippen molar-refractivity contribution >= 4 is 23.4 Å². The van der Waals surface area contributed by atoms with Crippen LogP contribution < -0.4 is 5.73 Å². The highest BCUT2D eigenvalue weighted by molar-refractivity contribution is 7.98. The van der Waals surface area contributed by atoms with Crippen LogP contribution >= 0.6 is 11.8 Å². The van der Waals surface area contributed by atoms with E-state index in [4.69, 9.17) is 10.8 Å². The van der Waals surface area contributed by atoms with E-state index in [2.05, 4.69) is 15.0 Å². The second-order valence-corrected chi connectivity index (χ2v) is 4.34. The third-order valence-corrected chi connectivity index (χ3v) is 3.20. The van der Waals surface area contributed by atoms with Gasteiger partial charge in [-0.1, -0.05) is 11.8 Å². The van der Waals surface area contributed by atoms with Crippen molar-refractivity contribution in [2.75, 3.05) is 5.73 Å². The number of aromatic nitrogens is 3. The first-order chi connectivity index (χ1) is 8.68. The molecule has 2 aromatic heterocycles. The molecule has 0 aliphatic rings. The highest BCUT2D eigenvalue weighted by atomic mass is 32.2. The van der Waals surface area contributed by atoms with Gasteiger partial charge in [0.1, 0.15) is 16.9 Å². The molecule has 0 saturated heterocycles. The molecule has 0 radical (unpaired) electrons. The molecule has 0 bridgehead atoms. The molecule has 18 heavy (non-hydrogen) atoms. The molecule has 2 aromatic rings. The highest BCUT2D eigenvalue weighted by Crippen LogP contribution is 2.25. The molecule has 0 aliphatic heterocycles. The Kier molecular flexibility index (Phi) is 3.73. The summed E-state index contributed by atoms with van der Waals surface area (Å²) in [5.74, 6) is -0.661. The Labute approximate surface area is 107 Å². The Hall–Kier alpha value is -2.15. The molecule has 2 rings (SSSR count). The van der Waals surface area contributed by atoms with Crippen molar-refractivity contribution in [3.05, 3.63) is 42.1 Å². The van der Waals surface area contributed by atoms with Gasteiger partial charge in [0.2, 0.25) is 0 Å². The van der Waals surface area contributed by atoms with Crippen LogP contribution in [0.4, 0.5) is 5.69 Å². The van der Waals surface area contributed by atoms with Crippen LogP contribution in [-0.2, 0) is 5.75 Å². The second kappa shape index (κ2) is 5.46. The summed E-state index contributed by atoms with van der Waals surface area (Å²) in [4.78, 5) is 22.7. The number of anilines is 1. The van der Waals surface area contributed by atoms with E-state index in [0.717, 1.165) is 0 Å². The number of carboxylic acids is 1. The minimum absolute atomic E-state index is 0.0968. The van der Waals surface area contributed by atoms with Crippen LogP contribution in [0.1, 0.15) is 16.1 Å². The number of hydrogen-bond acceptors (Lipinski definition) is 6. The van der Waals surface area contributed by atoms with Gasteiger partial charge in [-0.3, -0.25) is 0 Å². The molecule has 6 nitrogen and oxygen atoms in total. The fourth-order valence-electron chi connectivity index (χ4n) is 1.31. The maximum atomic E-state index is 11.0. The fraction of sp³-hybridized carbons (Fsp3) is 0.0909. The normalized spacial score (nSPS) is 10.2. The number of aromatic carboxylic acids is 1. The van der Waals surface area contributed by atoms with Crippen molar-refractivity contribution in [2.45, 2.75) is 10.8 Å². The van der Waals surface area contributed by atoms with Crippen LogP contribution in [0.25, 0.3) is 0 Å². The molecule has 92 valence electrons. The summed E-state index contributed by atoms with van der Waals surface area (Å²) < 4.78 is 0. The third-order valence-electron chi connectivity index (χ3n) is 2.17. The Morgan fingerprint density at radius 3 is 3.00 bits per heavy atom. The van der Waals surface area contributed by atoms with E-state index in [0.29, 0.717) is 22.2 Å². The zero-order valence-corrected chi connectivity index (χ0v) is 10.1. The predicted octanol–water partition coefficient (Wildman–Crippen LogP) is 1.44. The smallest absolute Gasteiger partial charge is 0.339 e. The van der Waals surface area contributed by atoms with Crippen LogP contribution in [0.3, 0.4) is 0 Å². The minimum Gasteiger partial charge on any atom is -0.478 e. The van der Waals surface area contributed by atoms with E-state index in [1.165, 1.54) is 24.3 Å². The van der Waals surface area contributed by atoms with Gasteiger partial charge in [0.15, 0.2) is 0 Å². The Balaban J connectivity index is 2.16. The molecule has 0 saturated carbocycles. The quantitative estimate of drug-likeness (QED) is 0.804. The lowest BCUT2D eigenvalue weighted by Gasteiger charge is -2.05. The SMILES string of the molecule is Nc1cccnc1SCc1ncncc1C(=O)O. The van der Waals surface area contributed by atoms with Gasteiger partial charge in [-0.2, -0.15) is 0 Å². The van der Waals surface area contributed by atoms with Crippen molar-refractivity contribution in [3.63, 3.8) is 0 Å². The average Bonchev–Trinajstić information content (AvgIpc) is 2.38. The minimum atomic E-state index is -1.04. The van der Waals surface area contributed by atoms with E-state index >= 15 is 0 Å². The van der Waals surface area contributed by atoms with Crippen LogP contribution in [0.15, 0.2) is 35.9 Å². The largest absolute Gasteiger partial charge is 0.478 e. The zero-order valence-electron chi connectivity index (χ0n) is 9.28. The molecule has 0 spiro atoms. The molecular formula is C11H10N4O2S. The molecule has 0 fully saturated rings. The van der Waals surface area contributed by atoms with Gasteiger partial charge < -0.3 is 10.8 Å². The highest BCUT2D eigenvalue weighted by Gasteiger charge is 2.12. The van der Waals surface area contributed by atoms with Crippen molar-refractivity contribution in [2.24, 2.45) is 0 Å². The topological polar surface area (TPSA) is 102 Å². The molecule has 2 heterocycles.